The van der Waals surface area contributed by atoms with Gasteiger partial charge in [-0.3, -0.25) is 9.89 Å². The standard InChI is InChI=1S/C21H37N5.HI/c1-21(2,26-12-7-6-8-13-26)17-24-20(22-3)23-15-18-10-9-11-19(14-18)16-25(4)5;/h9-11,14H,6-8,12-13,15-17H2,1-5H3,(H2,22,23,24);1H. The molecule has 0 aliphatic carbocycles. The normalized spacial score (nSPS) is 16.1. The Morgan fingerprint density at radius 3 is 2.41 bits per heavy atom. The van der Waals surface area contributed by atoms with E-state index in [1.807, 2.05) is 7.05 Å². The minimum atomic E-state index is 0. The van der Waals surface area contributed by atoms with E-state index in [9.17, 15) is 0 Å². The van der Waals surface area contributed by atoms with E-state index in [2.05, 4.69) is 77.6 Å². The molecule has 1 heterocycles. The molecular weight excluding hydrogens is 449 g/mol. The molecule has 0 unspecified atom stereocenters. The van der Waals surface area contributed by atoms with E-state index in [1.165, 1.54) is 43.5 Å². The fourth-order valence-corrected chi connectivity index (χ4v) is 3.52. The van der Waals surface area contributed by atoms with Crippen LogP contribution >= 0.6 is 24.0 Å². The van der Waals surface area contributed by atoms with Gasteiger partial charge in [0.25, 0.3) is 0 Å². The Morgan fingerprint density at radius 2 is 1.78 bits per heavy atom. The summed E-state index contributed by atoms with van der Waals surface area (Å²) in [7, 11) is 6.03. The molecule has 2 rings (SSSR count). The lowest BCUT2D eigenvalue weighted by Gasteiger charge is -2.41. The molecule has 1 aromatic carbocycles. The molecule has 1 fully saturated rings. The monoisotopic (exact) mass is 487 g/mol. The Balaban J connectivity index is 0.00000364. The fourth-order valence-electron chi connectivity index (χ4n) is 3.52. The maximum atomic E-state index is 4.39. The van der Waals surface area contributed by atoms with Crippen molar-refractivity contribution in [2.45, 2.75) is 51.7 Å². The zero-order valence-electron chi connectivity index (χ0n) is 17.7. The molecule has 0 saturated carbocycles. The Hall–Kier alpha value is -0.860. The predicted octanol–water partition coefficient (Wildman–Crippen LogP) is 3.30. The molecule has 154 valence electrons. The summed E-state index contributed by atoms with van der Waals surface area (Å²) in [5.74, 6) is 0.869. The van der Waals surface area contributed by atoms with Crippen molar-refractivity contribution in [1.29, 1.82) is 0 Å². The maximum absolute atomic E-state index is 4.39. The van der Waals surface area contributed by atoms with E-state index in [0.29, 0.717) is 0 Å². The number of benzene rings is 1. The second-order valence-corrected chi connectivity index (χ2v) is 8.20. The summed E-state index contributed by atoms with van der Waals surface area (Å²) in [5.41, 5.74) is 2.76. The third kappa shape index (κ3) is 8.35. The number of halogens is 1. The van der Waals surface area contributed by atoms with Crippen molar-refractivity contribution in [3.8, 4) is 0 Å². The van der Waals surface area contributed by atoms with Gasteiger partial charge >= 0.3 is 0 Å². The number of guanidine groups is 1. The van der Waals surface area contributed by atoms with Crippen molar-refractivity contribution in [2.75, 3.05) is 40.8 Å². The first-order chi connectivity index (χ1) is 12.4. The SMILES string of the molecule is CN=C(NCc1cccc(CN(C)C)c1)NCC(C)(C)N1CCCCC1.I. The molecule has 5 nitrogen and oxygen atoms in total. The molecule has 0 amide bonds. The summed E-state index contributed by atoms with van der Waals surface area (Å²) in [4.78, 5) is 9.18. The minimum absolute atomic E-state index is 0. The van der Waals surface area contributed by atoms with Crippen LogP contribution in [0.5, 0.6) is 0 Å². The molecule has 0 spiro atoms. The maximum Gasteiger partial charge on any atom is 0.191 e. The Morgan fingerprint density at radius 1 is 1.11 bits per heavy atom. The fraction of sp³-hybridized carbons (Fsp3) is 0.667. The van der Waals surface area contributed by atoms with Crippen molar-refractivity contribution >= 4 is 29.9 Å². The van der Waals surface area contributed by atoms with E-state index >= 15 is 0 Å². The van der Waals surface area contributed by atoms with Crippen LogP contribution in [0.1, 0.15) is 44.2 Å². The number of likely N-dealkylation sites (tertiary alicyclic amines) is 1. The molecule has 0 atom stereocenters. The summed E-state index contributed by atoms with van der Waals surface area (Å²) in [6.45, 7) is 9.70. The van der Waals surface area contributed by atoms with Crippen molar-refractivity contribution in [3.63, 3.8) is 0 Å². The topological polar surface area (TPSA) is 42.9 Å². The number of aliphatic imine (C=N–C) groups is 1. The van der Waals surface area contributed by atoms with E-state index in [1.54, 1.807) is 0 Å². The largest absolute Gasteiger partial charge is 0.355 e. The Bertz CT molecular complexity index is 580. The van der Waals surface area contributed by atoms with Crippen LogP contribution in [0, 0.1) is 0 Å². The van der Waals surface area contributed by atoms with Crippen LogP contribution in [-0.4, -0.2) is 62.1 Å². The average molecular weight is 487 g/mol. The molecule has 1 aromatic rings. The first-order valence-corrected chi connectivity index (χ1v) is 9.83. The van der Waals surface area contributed by atoms with Gasteiger partial charge in [0.15, 0.2) is 5.96 Å². The molecule has 6 heteroatoms. The van der Waals surface area contributed by atoms with Crippen LogP contribution in [0.2, 0.25) is 0 Å². The van der Waals surface area contributed by atoms with Gasteiger partial charge in [-0.15, -0.1) is 24.0 Å². The van der Waals surface area contributed by atoms with Gasteiger partial charge < -0.3 is 15.5 Å². The quantitative estimate of drug-likeness (QED) is 0.352. The van der Waals surface area contributed by atoms with E-state index in [4.69, 9.17) is 0 Å². The van der Waals surface area contributed by atoms with Crippen LogP contribution in [0.25, 0.3) is 0 Å². The summed E-state index contributed by atoms with van der Waals surface area (Å²) >= 11 is 0. The second-order valence-electron chi connectivity index (χ2n) is 8.20. The highest BCUT2D eigenvalue weighted by Gasteiger charge is 2.27. The predicted molar refractivity (Wildman–Crippen MR) is 127 cm³/mol. The third-order valence-electron chi connectivity index (χ3n) is 5.07. The smallest absolute Gasteiger partial charge is 0.191 e. The van der Waals surface area contributed by atoms with Crippen LogP contribution in [0.15, 0.2) is 29.3 Å². The van der Waals surface area contributed by atoms with Gasteiger partial charge in [0.05, 0.1) is 0 Å². The third-order valence-corrected chi connectivity index (χ3v) is 5.07. The molecule has 0 aromatic heterocycles. The lowest BCUT2D eigenvalue weighted by atomic mass is 9.98. The molecule has 1 aliphatic rings. The van der Waals surface area contributed by atoms with Crippen LogP contribution in [0.3, 0.4) is 0 Å². The number of nitrogens with one attached hydrogen (secondary N) is 2. The molecule has 27 heavy (non-hydrogen) atoms. The van der Waals surface area contributed by atoms with Crippen molar-refractivity contribution in [2.24, 2.45) is 4.99 Å². The van der Waals surface area contributed by atoms with Crippen molar-refractivity contribution < 1.29 is 0 Å². The first-order valence-electron chi connectivity index (χ1n) is 9.83. The van der Waals surface area contributed by atoms with Crippen LogP contribution in [0.4, 0.5) is 0 Å². The first kappa shape index (κ1) is 24.2. The van der Waals surface area contributed by atoms with Gasteiger partial charge in [0, 0.05) is 32.2 Å². The number of hydrogen-bond acceptors (Lipinski definition) is 3. The lowest BCUT2D eigenvalue weighted by Crippen LogP contribution is -2.54. The average Bonchev–Trinajstić information content (AvgIpc) is 2.62. The zero-order valence-corrected chi connectivity index (χ0v) is 20.0. The van der Waals surface area contributed by atoms with Crippen molar-refractivity contribution in [3.05, 3.63) is 35.4 Å². The molecular formula is C21H38IN5. The van der Waals surface area contributed by atoms with E-state index in [-0.39, 0.29) is 29.5 Å². The summed E-state index contributed by atoms with van der Waals surface area (Å²) in [6.07, 6.45) is 4.01. The summed E-state index contributed by atoms with van der Waals surface area (Å²) in [5, 5.41) is 6.96. The number of piperidine rings is 1. The zero-order chi connectivity index (χ0) is 19.0. The number of hydrogen-bond donors (Lipinski definition) is 2. The Kier molecular flexibility index (Phi) is 10.6. The summed E-state index contributed by atoms with van der Waals surface area (Å²) in [6, 6.07) is 8.73. The molecule has 1 saturated heterocycles. The highest BCUT2D eigenvalue weighted by molar-refractivity contribution is 14.0. The van der Waals surface area contributed by atoms with E-state index in [0.717, 1.165) is 25.6 Å². The minimum Gasteiger partial charge on any atom is -0.355 e. The summed E-state index contributed by atoms with van der Waals surface area (Å²) < 4.78 is 0. The van der Waals surface area contributed by atoms with Crippen molar-refractivity contribution in [1.82, 2.24) is 20.4 Å². The van der Waals surface area contributed by atoms with Crippen LogP contribution < -0.4 is 10.6 Å². The van der Waals surface area contributed by atoms with E-state index < -0.39 is 0 Å². The number of nitrogens with zero attached hydrogens (tertiary/aromatic N) is 3. The molecule has 0 bridgehead atoms. The Labute approximate surface area is 183 Å². The lowest BCUT2D eigenvalue weighted by molar-refractivity contribution is 0.0982. The second kappa shape index (κ2) is 11.9. The van der Waals surface area contributed by atoms with Gasteiger partial charge in [0.2, 0.25) is 0 Å². The van der Waals surface area contributed by atoms with Crippen LogP contribution in [-0.2, 0) is 13.1 Å². The molecule has 2 N–H and O–H groups in total. The van der Waals surface area contributed by atoms with Gasteiger partial charge in [-0.2, -0.15) is 0 Å². The highest BCUT2D eigenvalue weighted by atomic mass is 127. The van der Waals surface area contributed by atoms with Gasteiger partial charge in [-0.25, -0.2) is 0 Å². The molecule has 0 radical (unpaired) electrons. The van der Waals surface area contributed by atoms with Gasteiger partial charge in [-0.05, 0) is 65.0 Å². The molecule has 1 aliphatic heterocycles. The number of rotatable bonds is 7. The van der Waals surface area contributed by atoms with Gasteiger partial charge in [0.1, 0.15) is 0 Å². The van der Waals surface area contributed by atoms with Gasteiger partial charge in [-0.1, -0.05) is 30.7 Å². The highest BCUT2D eigenvalue weighted by Crippen LogP contribution is 2.19.